The minimum Gasteiger partial charge on any atom is -0.382 e. The van der Waals surface area contributed by atoms with Crippen molar-refractivity contribution in [1.82, 2.24) is 24.7 Å². The summed E-state index contributed by atoms with van der Waals surface area (Å²) in [6.45, 7) is 7.69. The van der Waals surface area contributed by atoms with Crippen molar-refractivity contribution >= 4 is 46.0 Å². The maximum Gasteiger partial charge on any atom is 0.147 e. The van der Waals surface area contributed by atoms with E-state index in [0.717, 1.165) is 53.8 Å². The fourth-order valence-corrected chi connectivity index (χ4v) is 6.82. The fourth-order valence-electron chi connectivity index (χ4n) is 4.90. The van der Waals surface area contributed by atoms with Gasteiger partial charge in [-0.3, -0.25) is 4.98 Å². The molecule has 0 bridgehead atoms. The van der Waals surface area contributed by atoms with Crippen LogP contribution in [0.4, 0.5) is 11.6 Å². The molecule has 190 valence electrons. The molecule has 0 aromatic carbocycles. The first kappa shape index (κ1) is 25.4. The van der Waals surface area contributed by atoms with Crippen LogP contribution < -0.4 is 15.4 Å². The summed E-state index contributed by atoms with van der Waals surface area (Å²) in [4.78, 5) is 21.1. The molecule has 8 nitrogen and oxygen atoms in total. The topological polar surface area (TPSA) is 110 Å². The van der Waals surface area contributed by atoms with E-state index < -0.39 is 11.0 Å². The van der Waals surface area contributed by atoms with Gasteiger partial charge in [0.1, 0.15) is 16.7 Å². The summed E-state index contributed by atoms with van der Waals surface area (Å²) < 4.78 is 16.2. The van der Waals surface area contributed by atoms with Crippen LogP contribution in [0, 0.1) is 5.41 Å². The van der Waals surface area contributed by atoms with Crippen LogP contribution in [0.2, 0.25) is 5.02 Å². The Bertz CT molecular complexity index is 1270. The van der Waals surface area contributed by atoms with Gasteiger partial charge >= 0.3 is 0 Å². The van der Waals surface area contributed by atoms with Gasteiger partial charge in [0.15, 0.2) is 0 Å². The third-order valence-corrected chi connectivity index (χ3v) is 9.98. The zero-order valence-electron chi connectivity index (χ0n) is 20.6. The minimum atomic E-state index is -1.18. The first-order chi connectivity index (χ1) is 17.2. The molecule has 11 heteroatoms. The van der Waals surface area contributed by atoms with Crippen LogP contribution in [0.1, 0.15) is 50.9 Å². The van der Waals surface area contributed by atoms with Crippen LogP contribution in [-0.4, -0.2) is 42.0 Å². The molecule has 0 radical (unpaired) electrons. The Kier molecular flexibility index (Phi) is 6.97. The quantitative estimate of drug-likeness (QED) is 0.481. The van der Waals surface area contributed by atoms with Gasteiger partial charge in [0, 0.05) is 30.4 Å². The number of fused-ring (bicyclic) bond motifs is 1. The predicted molar refractivity (Wildman–Crippen MR) is 145 cm³/mol. The van der Waals surface area contributed by atoms with Gasteiger partial charge < -0.3 is 10.6 Å². The zero-order valence-corrected chi connectivity index (χ0v) is 23.0. The van der Waals surface area contributed by atoms with Gasteiger partial charge in [-0.1, -0.05) is 29.4 Å². The minimum absolute atomic E-state index is 0.0185. The highest BCUT2D eigenvalue weighted by Crippen LogP contribution is 2.52. The van der Waals surface area contributed by atoms with Gasteiger partial charge in [-0.15, -0.1) is 0 Å². The van der Waals surface area contributed by atoms with E-state index in [9.17, 15) is 4.21 Å². The van der Waals surface area contributed by atoms with E-state index in [2.05, 4.69) is 30.6 Å². The van der Waals surface area contributed by atoms with Crippen molar-refractivity contribution in [3.8, 4) is 0 Å². The Morgan fingerprint density at radius 2 is 1.92 bits per heavy atom. The second kappa shape index (κ2) is 9.89. The van der Waals surface area contributed by atoms with E-state index in [1.165, 1.54) is 17.3 Å². The second-order valence-corrected chi connectivity index (χ2v) is 13.8. The van der Waals surface area contributed by atoms with Crippen molar-refractivity contribution in [2.75, 3.05) is 23.7 Å². The Balaban J connectivity index is 1.29. The number of halogens is 1. The van der Waals surface area contributed by atoms with Crippen LogP contribution in [0.15, 0.2) is 52.9 Å². The molecule has 2 atom stereocenters. The van der Waals surface area contributed by atoms with E-state index in [-0.39, 0.29) is 16.2 Å². The van der Waals surface area contributed by atoms with Gasteiger partial charge in [0.2, 0.25) is 0 Å². The number of rotatable bonds is 5. The second-order valence-electron chi connectivity index (χ2n) is 10.3. The molecule has 2 aliphatic rings. The molecule has 3 N–H and O–H groups in total. The third-order valence-electron chi connectivity index (χ3n) is 6.93. The normalized spacial score (nSPS) is 19.9. The highest BCUT2D eigenvalue weighted by atomic mass is 35.5. The van der Waals surface area contributed by atoms with E-state index in [1.807, 2.05) is 45.3 Å². The molecule has 4 heterocycles. The summed E-state index contributed by atoms with van der Waals surface area (Å²) in [5, 5.41) is 1.17. The van der Waals surface area contributed by atoms with Crippen molar-refractivity contribution in [2.45, 2.75) is 60.7 Å². The molecule has 0 saturated carbocycles. The summed E-state index contributed by atoms with van der Waals surface area (Å²) in [5.74, 6) is 1.16. The summed E-state index contributed by atoms with van der Waals surface area (Å²) in [5.41, 5.74) is 8.08. The van der Waals surface area contributed by atoms with Crippen LogP contribution in [0.25, 0.3) is 0 Å². The van der Waals surface area contributed by atoms with Crippen LogP contribution >= 0.6 is 23.4 Å². The summed E-state index contributed by atoms with van der Waals surface area (Å²) >= 11 is 7.68. The molecular weight excluding hydrogens is 514 g/mol. The zero-order chi connectivity index (χ0) is 25.5. The van der Waals surface area contributed by atoms with Crippen LogP contribution in [0.5, 0.6) is 0 Å². The molecule has 5 rings (SSSR count). The molecule has 0 amide bonds. The molecule has 36 heavy (non-hydrogen) atoms. The standard InChI is InChI=1S/C25H30ClN7OS2/c1-24(2,3)36(34)32-22-21-16(5-4-9-28-21)13-25(22)7-11-33(12-8-25)18-14-31-19(15-30-18)35-17-6-10-29-23(27)20(17)26/h4-6,9-10,14-15,22,32H,7-8,11-13H2,1-3H3,(H2,27,29)/t22-,36-/m1/s1. The molecule has 1 aliphatic carbocycles. The Hall–Kier alpha value is -2.27. The largest absolute Gasteiger partial charge is 0.382 e. The number of nitrogens with zero attached hydrogens (tertiary/aromatic N) is 5. The third kappa shape index (κ3) is 4.96. The number of piperidine rings is 1. The number of hydrogen-bond acceptors (Lipinski definition) is 8. The first-order valence-corrected chi connectivity index (χ1v) is 14.3. The van der Waals surface area contributed by atoms with E-state index >= 15 is 0 Å². The highest BCUT2D eigenvalue weighted by molar-refractivity contribution is 7.99. The Labute approximate surface area is 223 Å². The number of nitrogens with two attached hydrogens (primary N) is 1. The number of anilines is 2. The van der Waals surface area contributed by atoms with Crippen molar-refractivity contribution in [3.05, 3.63) is 59.3 Å². The Morgan fingerprint density at radius 1 is 1.14 bits per heavy atom. The van der Waals surface area contributed by atoms with Crippen molar-refractivity contribution < 1.29 is 4.21 Å². The molecule has 3 aromatic rings. The van der Waals surface area contributed by atoms with Crippen LogP contribution in [0.3, 0.4) is 0 Å². The number of hydrogen-bond donors (Lipinski definition) is 2. The SMILES string of the molecule is CC(C)(C)[S@@](=O)N[C@@H]1c2ncccc2CC12CCN(c1cnc(Sc3ccnc(N)c3Cl)cn1)CC2. The molecule has 0 unspecified atom stereocenters. The van der Waals surface area contributed by atoms with Gasteiger partial charge in [0.25, 0.3) is 0 Å². The van der Waals surface area contributed by atoms with E-state index in [4.69, 9.17) is 22.3 Å². The maximum absolute atomic E-state index is 13.1. The lowest BCUT2D eigenvalue weighted by Gasteiger charge is -2.43. The molecule has 3 aromatic heterocycles. The number of nitrogens with one attached hydrogen (secondary N) is 1. The van der Waals surface area contributed by atoms with Crippen molar-refractivity contribution in [2.24, 2.45) is 5.41 Å². The van der Waals surface area contributed by atoms with Gasteiger partial charge in [0.05, 0.1) is 44.9 Å². The van der Waals surface area contributed by atoms with Crippen LogP contribution in [-0.2, 0) is 17.4 Å². The molecule has 1 spiro atoms. The van der Waals surface area contributed by atoms with Gasteiger partial charge in [-0.25, -0.2) is 23.9 Å². The summed E-state index contributed by atoms with van der Waals surface area (Å²) in [6.07, 6.45) is 9.89. The Morgan fingerprint density at radius 3 is 2.61 bits per heavy atom. The smallest absolute Gasteiger partial charge is 0.147 e. The van der Waals surface area contributed by atoms with Gasteiger partial charge in [-0.05, 0) is 63.1 Å². The predicted octanol–water partition coefficient (Wildman–Crippen LogP) is 4.59. The van der Waals surface area contributed by atoms with E-state index in [0.29, 0.717) is 10.8 Å². The highest BCUT2D eigenvalue weighted by Gasteiger charge is 2.49. The number of nitrogen functional groups attached to an aromatic ring is 1. The lowest BCUT2D eigenvalue weighted by atomic mass is 9.73. The van der Waals surface area contributed by atoms with Crippen molar-refractivity contribution in [1.29, 1.82) is 0 Å². The lowest BCUT2D eigenvalue weighted by molar-refractivity contribution is 0.175. The van der Waals surface area contributed by atoms with Gasteiger partial charge in [-0.2, -0.15) is 0 Å². The van der Waals surface area contributed by atoms with Crippen molar-refractivity contribution in [3.63, 3.8) is 0 Å². The summed E-state index contributed by atoms with van der Waals surface area (Å²) in [6, 6.07) is 5.93. The number of pyridine rings is 2. The van der Waals surface area contributed by atoms with E-state index in [1.54, 1.807) is 12.4 Å². The number of aromatic nitrogens is 4. The average molecular weight is 544 g/mol. The monoisotopic (exact) mass is 543 g/mol. The lowest BCUT2D eigenvalue weighted by Crippen LogP contribution is -2.48. The maximum atomic E-state index is 13.1. The molecular formula is C25H30ClN7OS2. The molecule has 1 saturated heterocycles. The first-order valence-electron chi connectivity index (χ1n) is 11.9. The fraction of sp³-hybridized carbons (Fsp3) is 0.440. The molecule has 1 aliphatic heterocycles. The average Bonchev–Trinajstić information content (AvgIpc) is 3.15. The summed E-state index contributed by atoms with van der Waals surface area (Å²) in [7, 11) is -1.18. The molecule has 1 fully saturated rings.